The number of nitrogens with zero attached hydrogens (tertiary/aromatic N) is 3. The SMILES string of the molecule is CCCC(C)Cc1cnn2ccnc2c1. The average Bonchev–Trinajstić information content (AvgIpc) is 2.65. The second-order valence-corrected chi connectivity index (χ2v) is 4.19. The van der Waals surface area contributed by atoms with Gasteiger partial charge in [0, 0.05) is 12.4 Å². The van der Waals surface area contributed by atoms with E-state index in [1.165, 1.54) is 18.4 Å². The zero-order valence-corrected chi connectivity index (χ0v) is 9.35. The van der Waals surface area contributed by atoms with Crippen molar-refractivity contribution in [2.24, 2.45) is 5.92 Å². The Balaban J connectivity index is 2.14. The molecule has 0 aromatic carbocycles. The third-order valence-corrected chi connectivity index (χ3v) is 2.68. The van der Waals surface area contributed by atoms with Crippen LogP contribution in [0.2, 0.25) is 0 Å². The van der Waals surface area contributed by atoms with Crippen LogP contribution in [0.3, 0.4) is 0 Å². The van der Waals surface area contributed by atoms with E-state index in [-0.39, 0.29) is 0 Å². The van der Waals surface area contributed by atoms with Crippen LogP contribution < -0.4 is 0 Å². The lowest BCUT2D eigenvalue weighted by molar-refractivity contribution is 0.521. The minimum atomic E-state index is 0.731. The van der Waals surface area contributed by atoms with E-state index in [1.54, 1.807) is 10.7 Å². The Morgan fingerprint density at radius 3 is 3.13 bits per heavy atom. The van der Waals surface area contributed by atoms with Crippen molar-refractivity contribution in [1.82, 2.24) is 14.6 Å². The summed E-state index contributed by atoms with van der Waals surface area (Å²) < 4.78 is 1.80. The number of imidazole rings is 1. The number of hydrogen-bond acceptors (Lipinski definition) is 2. The first-order chi connectivity index (χ1) is 7.29. The second-order valence-electron chi connectivity index (χ2n) is 4.19. The predicted molar refractivity (Wildman–Crippen MR) is 60.8 cm³/mol. The van der Waals surface area contributed by atoms with Gasteiger partial charge in [0.1, 0.15) is 0 Å². The van der Waals surface area contributed by atoms with Gasteiger partial charge in [-0.3, -0.25) is 0 Å². The van der Waals surface area contributed by atoms with E-state index in [1.807, 2.05) is 12.4 Å². The molecule has 3 heteroatoms. The third kappa shape index (κ3) is 2.35. The minimum absolute atomic E-state index is 0.731. The molecule has 2 rings (SSSR count). The van der Waals surface area contributed by atoms with Crippen LogP contribution in [-0.4, -0.2) is 14.6 Å². The summed E-state index contributed by atoms with van der Waals surface area (Å²) in [7, 11) is 0. The summed E-state index contributed by atoms with van der Waals surface area (Å²) in [6, 6.07) is 2.12. The molecule has 0 amide bonds. The number of aromatic nitrogens is 3. The lowest BCUT2D eigenvalue weighted by atomic mass is 9.98. The fourth-order valence-corrected chi connectivity index (χ4v) is 1.96. The quantitative estimate of drug-likeness (QED) is 0.764. The highest BCUT2D eigenvalue weighted by Gasteiger charge is 2.04. The highest BCUT2D eigenvalue weighted by molar-refractivity contribution is 5.38. The number of rotatable bonds is 4. The Kier molecular flexibility index (Phi) is 2.99. The summed E-state index contributed by atoms with van der Waals surface area (Å²) >= 11 is 0. The van der Waals surface area contributed by atoms with Gasteiger partial charge in [-0.2, -0.15) is 5.10 Å². The molecule has 0 aliphatic rings. The summed E-state index contributed by atoms with van der Waals surface area (Å²) in [5.74, 6) is 0.731. The van der Waals surface area contributed by atoms with Crippen molar-refractivity contribution < 1.29 is 0 Å². The van der Waals surface area contributed by atoms with Gasteiger partial charge in [-0.1, -0.05) is 26.7 Å². The summed E-state index contributed by atoms with van der Waals surface area (Å²) in [6.45, 7) is 4.52. The molecule has 2 aromatic heterocycles. The summed E-state index contributed by atoms with van der Waals surface area (Å²) in [5.41, 5.74) is 2.23. The molecule has 3 nitrogen and oxygen atoms in total. The average molecular weight is 203 g/mol. The molecular formula is C12H17N3. The van der Waals surface area contributed by atoms with Crippen molar-refractivity contribution in [3.8, 4) is 0 Å². The topological polar surface area (TPSA) is 30.2 Å². The van der Waals surface area contributed by atoms with E-state index in [0.717, 1.165) is 18.0 Å². The molecule has 80 valence electrons. The Labute approximate surface area is 90.1 Å². The molecule has 0 saturated carbocycles. The monoisotopic (exact) mass is 203 g/mol. The van der Waals surface area contributed by atoms with E-state index >= 15 is 0 Å². The van der Waals surface area contributed by atoms with Gasteiger partial charge in [-0.05, 0) is 24.0 Å². The van der Waals surface area contributed by atoms with Gasteiger partial charge in [0.15, 0.2) is 5.65 Å². The highest BCUT2D eigenvalue weighted by atomic mass is 15.2. The Bertz CT molecular complexity index is 433. The minimum Gasteiger partial charge on any atom is -0.236 e. The van der Waals surface area contributed by atoms with Crippen molar-refractivity contribution >= 4 is 5.65 Å². The van der Waals surface area contributed by atoms with Gasteiger partial charge in [-0.15, -0.1) is 0 Å². The molecule has 0 fully saturated rings. The van der Waals surface area contributed by atoms with Gasteiger partial charge in [0.2, 0.25) is 0 Å². The maximum Gasteiger partial charge on any atom is 0.153 e. The highest BCUT2D eigenvalue weighted by Crippen LogP contribution is 2.13. The first kappa shape index (κ1) is 10.1. The van der Waals surface area contributed by atoms with Crippen molar-refractivity contribution in [3.05, 3.63) is 30.2 Å². The van der Waals surface area contributed by atoms with Crippen LogP contribution >= 0.6 is 0 Å². The largest absolute Gasteiger partial charge is 0.236 e. The molecule has 0 aliphatic carbocycles. The smallest absolute Gasteiger partial charge is 0.153 e. The fourth-order valence-electron chi connectivity index (χ4n) is 1.96. The van der Waals surface area contributed by atoms with Crippen LogP contribution in [0.5, 0.6) is 0 Å². The molecular weight excluding hydrogens is 186 g/mol. The fraction of sp³-hybridized carbons (Fsp3) is 0.500. The first-order valence-electron chi connectivity index (χ1n) is 5.58. The molecule has 0 spiro atoms. The normalized spacial score (nSPS) is 13.2. The van der Waals surface area contributed by atoms with Crippen LogP contribution in [0, 0.1) is 5.92 Å². The lowest BCUT2D eigenvalue weighted by Gasteiger charge is -2.09. The van der Waals surface area contributed by atoms with Crippen LogP contribution in [0.4, 0.5) is 0 Å². The number of hydrogen-bond donors (Lipinski definition) is 0. The van der Waals surface area contributed by atoms with E-state index < -0.39 is 0 Å². The molecule has 15 heavy (non-hydrogen) atoms. The molecule has 0 bridgehead atoms. The number of fused-ring (bicyclic) bond motifs is 1. The van der Waals surface area contributed by atoms with Crippen LogP contribution in [0.25, 0.3) is 5.65 Å². The molecule has 2 aromatic rings. The Hall–Kier alpha value is -1.38. The molecule has 2 heterocycles. The van der Waals surface area contributed by atoms with Gasteiger partial charge in [0.25, 0.3) is 0 Å². The molecule has 1 unspecified atom stereocenters. The predicted octanol–water partition coefficient (Wildman–Crippen LogP) is 2.71. The zero-order valence-electron chi connectivity index (χ0n) is 9.35. The van der Waals surface area contributed by atoms with Gasteiger partial charge in [-0.25, -0.2) is 9.50 Å². The second kappa shape index (κ2) is 4.43. The maximum absolute atomic E-state index is 4.31. The third-order valence-electron chi connectivity index (χ3n) is 2.68. The Morgan fingerprint density at radius 1 is 1.47 bits per heavy atom. The lowest BCUT2D eigenvalue weighted by Crippen LogP contribution is -2.01. The van der Waals surface area contributed by atoms with Gasteiger partial charge >= 0.3 is 0 Å². The molecule has 0 saturated heterocycles. The van der Waals surface area contributed by atoms with E-state index in [0.29, 0.717) is 0 Å². The van der Waals surface area contributed by atoms with Crippen molar-refractivity contribution in [3.63, 3.8) is 0 Å². The zero-order chi connectivity index (χ0) is 10.7. The maximum atomic E-state index is 4.31. The van der Waals surface area contributed by atoms with E-state index in [9.17, 15) is 0 Å². The van der Waals surface area contributed by atoms with Crippen molar-refractivity contribution in [2.75, 3.05) is 0 Å². The van der Waals surface area contributed by atoms with Crippen LogP contribution in [-0.2, 0) is 6.42 Å². The Morgan fingerprint density at radius 2 is 2.33 bits per heavy atom. The first-order valence-corrected chi connectivity index (χ1v) is 5.58. The summed E-state index contributed by atoms with van der Waals surface area (Å²) in [6.07, 6.45) is 9.22. The molecule has 0 radical (unpaired) electrons. The van der Waals surface area contributed by atoms with Crippen molar-refractivity contribution in [2.45, 2.75) is 33.1 Å². The molecule has 0 N–H and O–H groups in total. The van der Waals surface area contributed by atoms with Crippen LogP contribution in [0.1, 0.15) is 32.3 Å². The van der Waals surface area contributed by atoms with Gasteiger partial charge < -0.3 is 0 Å². The molecule has 1 atom stereocenters. The summed E-state index contributed by atoms with van der Waals surface area (Å²) in [5, 5.41) is 4.31. The molecule has 0 aliphatic heterocycles. The van der Waals surface area contributed by atoms with Gasteiger partial charge in [0.05, 0.1) is 6.20 Å². The van der Waals surface area contributed by atoms with E-state index in [2.05, 4.69) is 30.0 Å². The van der Waals surface area contributed by atoms with Crippen molar-refractivity contribution in [1.29, 1.82) is 0 Å². The van der Waals surface area contributed by atoms with E-state index in [4.69, 9.17) is 0 Å². The standard InChI is InChI=1S/C12H17N3/c1-3-4-10(2)7-11-8-12-13-5-6-15(12)14-9-11/h5-6,8-10H,3-4,7H2,1-2H3. The summed E-state index contributed by atoms with van der Waals surface area (Å²) in [4.78, 5) is 4.23. The van der Waals surface area contributed by atoms with Crippen LogP contribution in [0.15, 0.2) is 24.7 Å².